The second-order valence-electron chi connectivity index (χ2n) is 11.3. The highest BCUT2D eigenvalue weighted by Crippen LogP contribution is 2.60. The number of halogens is 1. The van der Waals surface area contributed by atoms with Gasteiger partial charge in [0.1, 0.15) is 17.5 Å². The summed E-state index contributed by atoms with van der Waals surface area (Å²) in [7, 11) is 0. The Balaban J connectivity index is 0.00000277. The monoisotopic (exact) mass is 525 g/mol. The van der Waals surface area contributed by atoms with Gasteiger partial charge in [-0.1, -0.05) is 13.5 Å². The van der Waals surface area contributed by atoms with Gasteiger partial charge in [0, 0.05) is 17.4 Å². The predicted octanol–water partition coefficient (Wildman–Crippen LogP) is 6.81. The Kier molecular flexibility index (Phi) is 6.20. The molecule has 8 heteroatoms. The maximum Gasteiger partial charge on any atom is 0.256 e. The average molecular weight is 526 g/mol. The van der Waals surface area contributed by atoms with E-state index in [-0.39, 0.29) is 24.7 Å². The minimum absolute atomic E-state index is 0. The summed E-state index contributed by atoms with van der Waals surface area (Å²) in [6.45, 7) is 0. The summed E-state index contributed by atoms with van der Waals surface area (Å²) in [4.78, 5) is 37.8. The highest BCUT2D eigenvalue weighted by atomic mass is 19.1. The summed E-state index contributed by atoms with van der Waals surface area (Å²) in [6.07, 6.45) is 8.30. The fourth-order valence-electron chi connectivity index (χ4n) is 7.34. The summed E-state index contributed by atoms with van der Waals surface area (Å²) in [5, 5.41) is 5.78. The number of hydrogen-bond donors (Lipinski definition) is 3. The SMILES string of the molecule is C.O=C(Nc1ccccn1)c1ccc2nc(-c3ccc(NC(=O)C45CC6CC(CC(C6)C4)C5)cc3F)[nH]c2c1. The molecule has 0 unspecified atom stereocenters. The Labute approximate surface area is 226 Å². The van der Waals surface area contributed by atoms with Gasteiger partial charge in [0.2, 0.25) is 5.91 Å². The van der Waals surface area contributed by atoms with E-state index in [1.807, 2.05) is 0 Å². The van der Waals surface area contributed by atoms with E-state index in [0.29, 0.717) is 57.2 Å². The molecule has 4 bridgehead atoms. The van der Waals surface area contributed by atoms with Crippen molar-refractivity contribution in [2.75, 3.05) is 10.6 Å². The summed E-state index contributed by atoms with van der Waals surface area (Å²) in [5.74, 6) is 2.10. The Morgan fingerprint density at radius 2 is 1.67 bits per heavy atom. The molecule has 8 rings (SSSR count). The zero-order valence-corrected chi connectivity index (χ0v) is 20.8. The van der Waals surface area contributed by atoms with Gasteiger partial charge in [-0.25, -0.2) is 14.4 Å². The number of hydrogen-bond acceptors (Lipinski definition) is 4. The number of anilines is 2. The zero-order chi connectivity index (χ0) is 25.9. The van der Waals surface area contributed by atoms with Crippen LogP contribution in [0.3, 0.4) is 0 Å². The summed E-state index contributed by atoms with van der Waals surface area (Å²) in [5.41, 5.74) is 2.15. The largest absolute Gasteiger partial charge is 0.338 e. The first-order valence-electron chi connectivity index (χ1n) is 13.3. The molecule has 4 saturated carbocycles. The molecular weight excluding hydrogens is 493 g/mol. The van der Waals surface area contributed by atoms with Crippen molar-refractivity contribution in [1.82, 2.24) is 15.0 Å². The summed E-state index contributed by atoms with van der Waals surface area (Å²) < 4.78 is 15.2. The molecule has 4 aromatic rings. The lowest BCUT2D eigenvalue weighted by molar-refractivity contribution is -0.140. The number of benzene rings is 2. The lowest BCUT2D eigenvalue weighted by atomic mass is 9.49. The van der Waals surface area contributed by atoms with Crippen molar-refractivity contribution < 1.29 is 14.0 Å². The minimum Gasteiger partial charge on any atom is -0.338 e. The van der Waals surface area contributed by atoms with E-state index in [0.717, 1.165) is 19.3 Å². The van der Waals surface area contributed by atoms with Crippen LogP contribution in [0.2, 0.25) is 0 Å². The van der Waals surface area contributed by atoms with E-state index in [9.17, 15) is 9.59 Å². The normalized spacial score (nSPS) is 24.8. The van der Waals surface area contributed by atoms with Crippen molar-refractivity contribution in [2.24, 2.45) is 23.2 Å². The molecule has 0 radical (unpaired) electrons. The Morgan fingerprint density at radius 1 is 0.923 bits per heavy atom. The number of nitrogens with one attached hydrogen (secondary N) is 3. The molecule has 2 aromatic heterocycles. The smallest absolute Gasteiger partial charge is 0.256 e. The van der Waals surface area contributed by atoms with Gasteiger partial charge in [0.05, 0.1) is 22.0 Å². The number of rotatable bonds is 5. The van der Waals surface area contributed by atoms with Crippen LogP contribution in [0.5, 0.6) is 0 Å². The number of fused-ring (bicyclic) bond motifs is 1. The van der Waals surface area contributed by atoms with E-state index < -0.39 is 5.82 Å². The Morgan fingerprint density at radius 3 is 2.33 bits per heavy atom. The summed E-state index contributed by atoms with van der Waals surface area (Å²) >= 11 is 0. The van der Waals surface area contributed by atoms with Gasteiger partial charge in [-0.15, -0.1) is 0 Å². The van der Waals surface area contributed by atoms with Gasteiger partial charge >= 0.3 is 0 Å². The first kappa shape index (κ1) is 25.2. The van der Waals surface area contributed by atoms with Gasteiger partial charge < -0.3 is 15.6 Å². The first-order valence-corrected chi connectivity index (χ1v) is 13.3. The number of imidazole rings is 1. The molecule has 3 N–H and O–H groups in total. The van der Waals surface area contributed by atoms with Crippen LogP contribution in [0, 0.1) is 29.0 Å². The van der Waals surface area contributed by atoms with Crippen molar-refractivity contribution in [1.29, 1.82) is 0 Å². The van der Waals surface area contributed by atoms with E-state index >= 15 is 4.39 Å². The van der Waals surface area contributed by atoms with E-state index in [1.165, 1.54) is 25.3 Å². The number of pyridine rings is 1. The lowest BCUT2D eigenvalue weighted by Gasteiger charge is -2.55. The average Bonchev–Trinajstić information content (AvgIpc) is 3.31. The molecule has 4 aliphatic rings. The highest BCUT2D eigenvalue weighted by molar-refractivity contribution is 6.05. The number of carbonyl (C=O) groups is 2. The third kappa shape index (κ3) is 4.58. The highest BCUT2D eigenvalue weighted by Gasteiger charge is 2.54. The fourth-order valence-corrected chi connectivity index (χ4v) is 7.34. The Hall–Kier alpha value is -4.07. The lowest BCUT2D eigenvalue weighted by Crippen LogP contribution is -2.51. The van der Waals surface area contributed by atoms with Crippen molar-refractivity contribution >= 4 is 34.4 Å². The molecule has 7 nitrogen and oxygen atoms in total. The quantitative estimate of drug-likeness (QED) is 0.267. The standard InChI is InChI=1S/C30H28FN5O2.CH4/c31-23-13-21(33-29(38)30-14-17-9-18(15-30)11-19(10-17)16-30)5-6-22(23)27-34-24-7-4-20(12-25(24)35-27)28(37)36-26-3-1-2-8-32-26;/h1-8,12-13,17-19H,9-11,14-16H2,(H,33,38)(H,34,35)(H,32,36,37);1H4. The molecule has 0 atom stereocenters. The second kappa shape index (κ2) is 9.59. The van der Waals surface area contributed by atoms with Gasteiger partial charge in [-0.2, -0.15) is 0 Å². The maximum atomic E-state index is 15.2. The second-order valence-corrected chi connectivity index (χ2v) is 11.3. The van der Waals surface area contributed by atoms with Crippen molar-refractivity contribution in [3.8, 4) is 11.4 Å². The van der Waals surface area contributed by atoms with Crippen LogP contribution >= 0.6 is 0 Å². The van der Waals surface area contributed by atoms with Crippen molar-refractivity contribution in [3.05, 3.63) is 72.2 Å². The Bertz CT molecular complexity index is 1530. The number of H-pyrrole nitrogens is 1. The topological polar surface area (TPSA) is 99.8 Å². The molecular formula is C31H32FN5O2. The molecule has 0 saturated heterocycles. The molecule has 200 valence electrons. The molecule has 4 fully saturated rings. The number of carbonyl (C=O) groups excluding carboxylic acids is 2. The van der Waals surface area contributed by atoms with E-state index in [4.69, 9.17) is 0 Å². The first-order chi connectivity index (χ1) is 18.4. The van der Waals surface area contributed by atoms with Gasteiger partial charge in [-0.3, -0.25) is 9.59 Å². The van der Waals surface area contributed by atoms with E-state index in [2.05, 4.69) is 25.6 Å². The van der Waals surface area contributed by atoms with Crippen LogP contribution in [-0.4, -0.2) is 26.8 Å². The number of aromatic amines is 1. The maximum absolute atomic E-state index is 15.2. The van der Waals surface area contributed by atoms with E-state index in [1.54, 1.807) is 54.7 Å². The summed E-state index contributed by atoms with van der Waals surface area (Å²) in [6, 6.07) is 15.1. The van der Waals surface area contributed by atoms with Gasteiger partial charge in [-0.05, 0) is 105 Å². The molecule has 2 heterocycles. The molecule has 2 aromatic carbocycles. The van der Waals surface area contributed by atoms with Crippen LogP contribution in [0.4, 0.5) is 15.9 Å². The van der Waals surface area contributed by atoms with Crippen LogP contribution < -0.4 is 10.6 Å². The third-order valence-corrected chi connectivity index (χ3v) is 8.65. The molecule has 4 aliphatic carbocycles. The predicted molar refractivity (Wildman–Crippen MR) is 150 cm³/mol. The van der Waals surface area contributed by atoms with Crippen molar-refractivity contribution in [2.45, 2.75) is 46.0 Å². The molecule has 39 heavy (non-hydrogen) atoms. The van der Waals surface area contributed by atoms with Crippen molar-refractivity contribution in [3.63, 3.8) is 0 Å². The molecule has 0 aliphatic heterocycles. The molecule has 0 spiro atoms. The van der Waals surface area contributed by atoms with Crippen LogP contribution in [0.25, 0.3) is 22.4 Å². The number of aromatic nitrogens is 3. The third-order valence-electron chi connectivity index (χ3n) is 8.65. The van der Waals surface area contributed by atoms with Crippen LogP contribution in [0.15, 0.2) is 60.8 Å². The zero-order valence-electron chi connectivity index (χ0n) is 20.8. The van der Waals surface area contributed by atoms with Gasteiger partial charge in [0.25, 0.3) is 5.91 Å². The minimum atomic E-state index is -0.472. The number of nitrogens with zero attached hydrogens (tertiary/aromatic N) is 2. The van der Waals surface area contributed by atoms with Crippen LogP contribution in [-0.2, 0) is 4.79 Å². The van der Waals surface area contributed by atoms with Crippen LogP contribution in [0.1, 0.15) is 56.3 Å². The fraction of sp³-hybridized carbons (Fsp3) is 0.355. The number of amides is 2. The van der Waals surface area contributed by atoms with Gasteiger partial charge in [0.15, 0.2) is 0 Å². The molecule has 2 amide bonds.